The minimum atomic E-state index is 0.295. The van der Waals surface area contributed by atoms with Gasteiger partial charge in [-0.15, -0.1) is 0 Å². The molecule has 5 heteroatoms. The van der Waals surface area contributed by atoms with Crippen molar-refractivity contribution in [1.82, 2.24) is 4.98 Å². The van der Waals surface area contributed by atoms with Crippen LogP contribution in [0.1, 0.15) is 19.8 Å². The predicted octanol–water partition coefficient (Wildman–Crippen LogP) is 2.43. The second-order valence-electron chi connectivity index (χ2n) is 4.27. The normalized spacial score (nSPS) is 21.3. The minimum absolute atomic E-state index is 0.295. The van der Waals surface area contributed by atoms with E-state index in [0.717, 1.165) is 42.8 Å². The monoisotopic (exact) mass is 299 g/mol. The Balaban J connectivity index is 2.19. The molecule has 94 valence electrons. The molecule has 4 nitrogen and oxygen atoms in total. The van der Waals surface area contributed by atoms with Crippen molar-refractivity contribution in [2.24, 2.45) is 0 Å². The topological polar surface area (TPSA) is 51.4 Å². The SMILES string of the molecule is CCC1CN(c2ncc(N)cc2Br)CCCO1. The standard InChI is InChI=1S/C12H18BrN3O/c1-2-10-8-16(4-3-5-17-10)12-11(13)6-9(14)7-15-12/h6-7,10H,2-5,8,14H2,1H3. The summed E-state index contributed by atoms with van der Waals surface area (Å²) in [6, 6.07) is 1.90. The van der Waals surface area contributed by atoms with Gasteiger partial charge in [0, 0.05) is 19.7 Å². The fourth-order valence-corrected chi connectivity index (χ4v) is 2.63. The van der Waals surface area contributed by atoms with Crippen LogP contribution in [0.2, 0.25) is 0 Å². The smallest absolute Gasteiger partial charge is 0.143 e. The third kappa shape index (κ3) is 3.10. The van der Waals surface area contributed by atoms with Crippen molar-refractivity contribution >= 4 is 27.4 Å². The van der Waals surface area contributed by atoms with Crippen LogP contribution >= 0.6 is 15.9 Å². The number of nitrogen functional groups attached to an aromatic ring is 1. The lowest BCUT2D eigenvalue weighted by atomic mass is 10.2. The van der Waals surface area contributed by atoms with E-state index in [4.69, 9.17) is 10.5 Å². The van der Waals surface area contributed by atoms with Gasteiger partial charge in [-0.1, -0.05) is 6.92 Å². The fraction of sp³-hybridized carbons (Fsp3) is 0.583. The Bertz CT molecular complexity index is 386. The maximum Gasteiger partial charge on any atom is 0.143 e. The van der Waals surface area contributed by atoms with Gasteiger partial charge < -0.3 is 15.4 Å². The molecule has 1 fully saturated rings. The van der Waals surface area contributed by atoms with Crippen molar-refractivity contribution in [1.29, 1.82) is 0 Å². The van der Waals surface area contributed by atoms with E-state index in [0.29, 0.717) is 11.8 Å². The number of halogens is 1. The van der Waals surface area contributed by atoms with Gasteiger partial charge in [-0.05, 0) is 34.8 Å². The molecular formula is C12H18BrN3O. The molecule has 0 bridgehead atoms. The Morgan fingerprint density at radius 3 is 3.18 bits per heavy atom. The van der Waals surface area contributed by atoms with Crippen molar-refractivity contribution in [2.75, 3.05) is 30.3 Å². The molecule has 0 amide bonds. The third-order valence-electron chi connectivity index (χ3n) is 2.95. The number of hydrogen-bond acceptors (Lipinski definition) is 4. The molecule has 1 atom stereocenters. The van der Waals surface area contributed by atoms with Gasteiger partial charge in [-0.2, -0.15) is 0 Å². The highest BCUT2D eigenvalue weighted by Crippen LogP contribution is 2.27. The molecule has 2 heterocycles. The second kappa shape index (κ2) is 5.69. The number of ether oxygens (including phenoxy) is 1. The van der Waals surface area contributed by atoms with E-state index in [-0.39, 0.29) is 0 Å². The maximum absolute atomic E-state index is 5.76. The number of pyridine rings is 1. The summed E-state index contributed by atoms with van der Waals surface area (Å²) in [4.78, 5) is 6.68. The number of nitrogens with zero attached hydrogens (tertiary/aromatic N) is 2. The molecule has 0 spiro atoms. The van der Waals surface area contributed by atoms with Crippen LogP contribution < -0.4 is 10.6 Å². The van der Waals surface area contributed by atoms with Gasteiger partial charge in [-0.3, -0.25) is 0 Å². The van der Waals surface area contributed by atoms with Crippen molar-refractivity contribution in [3.63, 3.8) is 0 Å². The van der Waals surface area contributed by atoms with Gasteiger partial charge in [0.15, 0.2) is 0 Å². The van der Waals surface area contributed by atoms with Crippen molar-refractivity contribution in [2.45, 2.75) is 25.9 Å². The zero-order chi connectivity index (χ0) is 12.3. The summed E-state index contributed by atoms with van der Waals surface area (Å²) >= 11 is 3.53. The first-order valence-corrected chi connectivity index (χ1v) is 6.77. The van der Waals surface area contributed by atoms with Crippen LogP contribution in [0.4, 0.5) is 11.5 Å². The summed E-state index contributed by atoms with van der Waals surface area (Å²) in [7, 11) is 0. The van der Waals surface area contributed by atoms with Crippen LogP contribution in [0.5, 0.6) is 0 Å². The molecule has 0 aliphatic carbocycles. The van der Waals surface area contributed by atoms with E-state index in [1.807, 2.05) is 6.07 Å². The number of rotatable bonds is 2. The fourth-order valence-electron chi connectivity index (χ4n) is 2.01. The van der Waals surface area contributed by atoms with Crippen LogP contribution in [0.25, 0.3) is 0 Å². The first kappa shape index (κ1) is 12.6. The first-order valence-electron chi connectivity index (χ1n) is 5.98. The molecule has 0 radical (unpaired) electrons. The van der Waals surface area contributed by atoms with Crippen LogP contribution in [0.15, 0.2) is 16.7 Å². The van der Waals surface area contributed by atoms with Crippen LogP contribution in [0, 0.1) is 0 Å². The van der Waals surface area contributed by atoms with Crippen molar-refractivity contribution in [3.8, 4) is 0 Å². The molecular weight excluding hydrogens is 282 g/mol. The number of hydrogen-bond donors (Lipinski definition) is 1. The highest BCUT2D eigenvalue weighted by atomic mass is 79.9. The number of nitrogens with two attached hydrogens (primary N) is 1. The molecule has 0 saturated carbocycles. The Morgan fingerprint density at radius 1 is 1.65 bits per heavy atom. The molecule has 2 N–H and O–H groups in total. The molecule has 1 unspecified atom stereocenters. The molecule has 1 saturated heterocycles. The van der Waals surface area contributed by atoms with Crippen LogP contribution in [0.3, 0.4) is 0 Å². The molecule has 1 aromatic rings. The largest absolute Gasteiger partial charge is 0.397 e. The lowest BCUT2D eigenvalue weighted by Gasteiger charge is -2.25. The highest BCUT2D eigenvalue weighted by Gasteiger charge is 2.20. The quantitative estimate of drug-likeness (QED) is 0.911. The summed E-state index contributed by atoms with van der Waals surface area (Å²) in [5.41, 5.74) is 6.39. The Labute approximate surface area is 110 Å². The van der Waals surface area contributed by atoms with Gasteiger partial charge in [0.05, 0.1) is 22.5 Å². The highest BCUT2D eigenvalue weighted by molar-refractivity contribution is 9.10. The predicted molar refractivity (Wildman–Crippen MR) is 73.2 cm³/mol. The summed E-state index contributed by atoms with van der Waals surface area (Å²) < 4.78 is 6.71. The van der Waals surface area contributed by atoms with Gasteiger partial charge in [-0.25, -0.2) is 4.98 Å². The first-order chi connectivity index (χ1) is 8.20. The van der Waals surface area contributed by atoms with E-state index >= 15 is 0 Å². The lowest BCUT2D eigenvalue weighted by Crippen LogP contribution is -2.32. The lowest BCUT2D eigenvalue weighted by molar-refractivity contribution is 0.0664. The Morgan fingerprint density at radius 2 is 2.47 bits per heavy atom. The van der Waals surface area contributed by atoms with Crippen LogP contribution in [-0.2, 0) is 4.74 Å². The molecule has 0 aromatic carbocycles. The van der Waals surface area contributed by atoms with E-state index in [1.165, 1.54) is 0 Å². The van der Waals surface area contributed by atoms with Gasteiger partial charge >= 0.3 is 0 Å². The summed E-state index contributed by atoms with van der Waals surface area (Å²) in [5, 5.41) is 0. The van der Waals surface area contributed by atoms with Gasteiger partial charge in [0.1, 0.15) is 5.82 Å². The Hall–Kier alpha value is -0.810. The molecule has 1 aliphatic heterocycles. The average molecular weight is 300 g/mol. The number of anilines is 2. The zero-order valence-electron chi connectivity index (χ0n) is 10.0. The summed E-state index contributed by atoms with van der Waals surface area (Å²) in [5.74, 6) is 0.961. The minimum Gasteiger partial charge on any atom is -0.397 e. The summed E-state index contributed by atoms with van der Waals surface area (Å²) in [6.45, 7) is 4.86. The van der Waals surface area contributed by atoms with E-state index in [2.05, 4.69) is 32.7 Å². The molecule has 1 aliphatic rings. The van der Waals surface area contributed by atoms with Gasteiger partial charge in [0.2, 0.25) is 0 Å². The van der Waals surface area contributed by atoms with E-state index in [9.17, 15) is 0 Å². The van der Waals surface area contributed by atoms with E-state index < -0.39 is 0 Å². The number of aromatic nitrogens is 1. The van der Waals surface area contributed by atoms with Gasteiger partial charge in [0.25, 0.3) is 0 Å². The van der Waals surface area contributed by atoms with E-state index in [1.54, 1.807) is 6.20 Å². The molecule has 2 rings (SSSR count). The van der Waals surface area contributed by atoms with Crippen molar-refractivity contribution in [3.05, 3.63) is 16.7 Å². The maximum atomic E-state index is 5.76. The van der Waals surface area contributed by atoms with Crippen molar-refractivity contribution < 1.29 is 4.74 Å². The molecule has 17 heavy (non-hydrogen) atoms. The zero-order valence-corrected chi connectivity index (χ0v) is 11.6. The Kier molecular flexibility index (Phi) is 4.23. The second-order valence-corrected chi connectivity index (χ2v) is 5.13. The average Bonchev–Trinajstić information content (AvgIpc) is 2.54. The molecule has 1 aromatic heterocycles. The third-order valence-corrected chi connectivity index (χ3v) is 3.53. The van der Waals surface area contributed by atoms with Crippen LogP contribution in [-0.4, -0.2) is 30.8 Å². The summed E-state index contributed by atoms with van der Waals surface area (Å²) in [6.07, 6.45) is 4.06.